The van der Waals surface area contributed by atoms with Crippen LogP contribution in [-0.2, 0) is 0 Å². The first kappa shape index (κ1) is 9.11. The van der Waals surface area contributed by atoms with E-state index in [4.69, 9.17) is 4.74 Å². The second-order valence-corrected chi connectivity index (χ2v) is 2.78. The summed E-state index contributed by atoms with van der Waals surface area (Å²) < 4.78 is 5.66. The highest BCUT2D eigenvalue weighted by Gasteiger charge is 2.03. The van der Waals surface area contributed by atoms with E-state index < -0.39 is 0 Å². The number of benzene rings is 1. The van der Waals surface area contributed by atoms with Crippen molar-refractivity contribution in [2.45, 2.75) is 32.8 Å². The van der Waals surface area contributed by atoms with Gasteiger partial charge in [-0.3, -0.25) is 0 Å². The molecule has 0 spiro atoms. The van der Waals surface area contributed by atoms with Crippen LogP contribution < -0.4 is 4.74 Å². The maximum atomic E-state index is 5.66. The number of hydrogen-bond donors (Lipinski definition) is 0. The molecule has 1 heteroatoms. The maximum Gasteiger partial charge on any atom is 0.127 e. The van der Waals surface area contributed by atoms with Crippen LogP contribution in [0.3, 0.4) is 0 Å². The molecular weight excluding hydrogens is 148 g/mol. The van der Waals surface area contributed by atoms with E-state index in [1.807, 2.05) is 24.3 Å². The Labute approximate surface area is 74.4 Å². The summed E-state index contributed by atoms with van der Waals surface area (Å²) in [5, 5.41) is 0. The lowest BCUT2D eigenvalue weighted by atomic mass is 10.2. The topological polar surface area (TPSA) is 9.23 Å². The van der Waals surface area contributed by atoms with Crippen molar-refractivity contribution in [3.05, 3.63) is 30.3 Å². The fraction of sp³-hybridized carbons (Fsp3) is 0.455. The van der Waals surface area contributed by atoms with Gasteiger partial charge in [0, 0.05) is 6.07 Å². The smallest absolute Gasteiger partial charge is 0.127 e. The predicted molar refractivity (Wildman–Crippen MR) is 50.3 cm³/mol. The Bertz CT molecular complexity index is 202. The van der Waals surface area contributed by atoms with Crippen LogP contribution in [0.2, 0.25) is 0 Å². The van der Waals surface area contributed by atoms with Crippen molar-refractivity contribution in [1.29, 1.82) is 0 Å². The summed E-state index contributed by atoms with van der Waals surface area (Å²) in [5.74, 6) is 0.853. The molecule has 0 aromatic heterocycles. The quantitative estimate of drug-likeness (QED) is 0.662. The highest BCUT2D eigenvalue weighted by Crippen LogP contribution is 2.12. The normalized spacial score (nSPS) is 10.2. The van der Waals surface area contributed by atoms with Gasteiger partial charge in [-0.2, -0.15) is 0 Å². The average molecular weight is 163 g/mol. The lowest BCUT2D eigenvalue weighted by molar-refractivity contribution is 0.192. The first-order valence-electron chi connectivity index (χ1n) is 4.50. The molecule has 12 heavy (non-hydrogen) atoms. The molecule has 1 rings (SSSR count). The van der Waals surface area contributed by atoms with Crippen molar-refractivity contribution < 1.29 is 4.74 Å². The summed E-state index contributed by atoms with van der Waals surface area (Å²) in [6.07, 6.45) is 2.45. The zero-order valence-corrected chi connectivity index (χ0v) is 7.71. The van der Waals surface area contributed by atoms with Crippen LogP contribution in [0, 0.1) is 6.07 Å². The molecule has 0 aliphatic carbocycles. The van der Waals surface area contributed by atoms with Crippen molar-refractivity contribution in [3.8, 4) is 5.75 Å². The van der Waals surface area contributed by atoms with Crippen LogP contribution in [0.15, 0.2) is 24.3 Å². The molecule has 0 bridgehead atoms. The first-order chi connectivity index (χ1) is 5.86. The number of hydrogen-bond acceptors (Lipinski definition) is 1. The second-order valence-electron chi connectivity index (χ2n) is 2.78. The average Bonchev–Trinajstić information content (AvgIpc) is 2.16. The molecule has 0 atom stereocenters. The fourth-order valence-electron chi connectivity index (χ4n) is 1.09. The van der Waals surface area contributed by atoms with Gasteiger partial charge in [0.25, 0.3) is 0 Å². The third-order valence-corrected chi connectivity index (χ3v) is 1.88. The molecule has 0 amide bonds. The first-order valence-corrected chi connectivity index (χ1v) is 4.50. The molecule has 0 N–H and O–H groups in total. The molecule has 0 unspecified atom stereocenters. The monoisotopic (exact) mass is 163 g/mol. The Hall–Kier alpha value is -0.980. The van der Waals surface area contributed by atoms with Crippen molar-refractivity contribution in [2.75, 3.05) is 0 Å². The molecule has 1 aromatic rings. The molecule has 0 saturated carbocycles. The van der Waals surface area contributed by atoms with Gasteiger partial charge in [-0.05, 0) is 18.9 Å². The zero-order chi connectivity index (χ0) is 8.81. The van der Waals surface area contributed by atoms with Gasteiger partial charge in [0.05, 0.1) is 6.10 Å². The van der Waals surface area contributed by atoms with Gasteiger partial charge >= 0.3 is 0 Å². The lowest BCUT2D eigenvalue weighted by Gasteiger charge is -2.14. The molecule has 1 radical (unpaired) electrons. The molecule has 0 aliphatic rings. The van der Waals surface area contributed by atoms with Gasteiger partial charge in [-0.25, -0.2) is 0 Å². The van der Waals surface area contributed by atoms with Gasteiger partial charge in [0.1, 0.15) is 5.75 Å². The van der Waals surface area contributed by atoms with Gasteiger partial charge in [-0.15, -0.1) is 0 Å². The van der Waals surface area contributed by atoms with E-state index in [2.05, 4.69) is 19.9 Å². The molecule has 65 valence electrons. The highest BCUT2D eigenvalue weighted by molar-refractivity contribution is 5.19. The van der Waals surface area contributed by atoms with Gasteiger partial charge in [-0.1, -0.05) is 32.0 Å². The number of para-hydroxylation sites is 1. The Balaban J connectivity index is 2.51. The minimum atomic E-state index is 0.337. The van der Waals surface area contributed by atoms with E-state index in [1.54, 1.807) is 0 Å². The Morgan fingerprint density at radius 1 is 1.33 bits per heavy atom. The Morgan fingerprint density at radius 3 is 2.58 bits per heavy atom. The zero-order valence-electron chi connectivity index (χ0n) is 7.71. The van der Waals surface area contributed by atoms with Gasteiger partial charge in [0.15, 0.2) is 0 Å². The fourth-order valence-corrected chi connectivity index (χ4v) is 1.09. The SMILES string of the molecule is CCC(CC)Oc1[c]cccc1. The van der Waals surface area contributed by atoms with E-state index in [9.17, 15) is 0 Å². The molecule has 0 fully saturated rings. The summed E-state index contributed by atoms with van der Waals surface area (Å²) in [6, 6.07) is 10.8. The molecular formula is C11H15O. The van der Waals surface area contributed by atoms with Crippen molar-refractivity contribution in [2.24, 2.45) is 0 Å². The van der Waals surface area contributed by atoms with Gasteiger partial charge in [0.2, 0.25) is 0 Å². The van der Waals surface area contributed by atoms with Crippen LogP contribution in [0.4, 0.5) is 0 Å². The van der Waals surface area contributed by atoms with Crippen LogP contribution in [0.5, 0.6) is 5.75 Å². The maximum absolute atomic E-state index is 5.66. The van der Waals surface area contributed by atoms with Crippen LogP contribution >= 0.6 is 0 Å². The minimum Gasteiger partial charge on any atom is -0.490 e. The van der Waals surface area contributed by atoms with Crippen LogP contribution in [0.25, 0.3) is 0 Å². The van der Waals surface area contributed by atoms with Crippen LogP contribution in [-0.4, -0.2) is 6.10 Å². The largest absolute Gasteiger partial charge is 0.490 e. The van der Waals surface area contributed by atoms with Crippen molar-refractivity contribution in [3.63, 3.8) is 0 Å². The van der Waals surface area contributed by atoms with Crippen molar-refractivity contribution >= 4 is 0 Å². The summed E-state index contributed by atoms with van der Waals surface area (Å²) in [6.45, 7) is 4.27. The predicted octanol–water partition coefficient (Wildman–Crippen LogP) is 3.05. The van der Waals surface area contributed by atoms with E-state index in [-0.39, 0.29) is 0 Å². The van der Waals surface area contributed by atoms with E-state index in [0.717, 1.165) is 18.6 Å². The van der Waals surface area contributed by atoms with E-state index >= 15 is 0 Å². The molecule has 0 heterocycles. The van der Waals surface area contributed by atoms with E-state index in [0.29, 0.717) is 6.10 Å². The third-order valence-electron chi connectivity index (χ3n) is 1.88. The lowest BCUT2D eigenvalue weighted by Crippen LogP contribution is -2.13. The summed E-state index contributed by atoms with van der Waals surface area (Å²) >= 11 is 0. The molecule has 1 nitrogen and oxygen atoms in total. The second kappa shape index (κ2) is 4.81. The van der Waals surface area contributed by atoms with Crippen molar-refractivity contribution in [1.82, 2.24) is 0 Å². The van der Waals surface area contributed by atoms with E-state index in [1.165, 1.54) is 0 Å². The highest BCUT2D eigenvalue weighted by atomic mass is 16.5. The Kier molecular flexibility index (Phi) is 3.65. The van der Waals surface area contributed by atoms with Gasteiger partial charge < -0.3 is 4.74 Å². The summed E-state index contributed by atoms with van der Waals surface area (Å²) in [7, 11) is 0. The standard InChI is InChI=1S/C11H15O/c1-3-10(4-2)12-11-8-6-5-7-9-11/h5-8,10H,3-4H2,1-2H3. The molecule has 0 aliphatic heterocycles. The number of ether oxygens (including phenoxy) is 1. The number of rotatable bonds is 4. The van der Waals surface area contributed by atoms with Crippen LogP contribution in [0.1, 0.15) is 26.7 Å². The molecule has 0 saturated heterocycles. The Morgan fingerprint density at radius 2 is 2.08 bits per heavy atom. The summed E-state index contributed by atoms with van der Waals surface area (Å²) in [4.78, 5) is 0. The summed E-state index contributed by atoms with van der Waals surface area (Å²) in [5.41, 5.74) is 0. The minimum absolute atomic E-state index is 0.337. The third kappa shape index (κ3) is 2.57. The molecule has 1 aromatic carbocycles.